The average Bonchev–Trinajstić information content (AvgIpc) is 2.17. The Bertz CT molecular complexity index is 293. The first-order valence-corrected chi connectivity index (χ1v) is 7.12. The molecule has 0 heterocycles. The summed E-state index contributed by atoms with van der Waals surface area (Å²) in [7, 11) is -3.78. The van der Waals surface area contributed by atoms with Gasteiger partial charge in [-0.1, -0.05) is 25.3 Å². The lowest BCUT2D eigenvalue weighted by atomic mass is 10.0. The maximum atomic E-state index is 11.8. The lowest BCUT2D eigenvalue weighted by Crippen LogP contribution is -2.18. The third kappa shape index (κ3) is 4.71. The number of hydrogen-bond acceptors (Lipinski definition) is 2. The van der Waals surface area contributed by atoms with Gasteiger partial charge in [-0.2, -0.15) is 13.2 Å². The van der Waals surface area contributed by atoms with Gasteiger partial charge in [0.2, 0.25) is 0 Å². The molecule has 94 valence electrons. The molecule has 0 saturated heterocycles. The lowest BCUT2D eigenvalue weighted by molar-refractivity contribution is -0.174. The van der Waals surface area contributed by atoms with Crippen molar-refractivity contribution >= 4 is 7.37 Å². The van der Waals surface area contributed by atoms with Crippen molar-refractivity contribution in [2.45, 2.75) is 50.4 Å². The molecule has 0 bridgehead atoms. The Labute approximate surface area is 93.0 Å². The summed E-state index contributed by atoms with van der Waals surface area (Å²) in [5, 5.41) is 0. The van der Waals surface area contributed by atoms with Crippen LogP contribution in [0, 0.1) is 0 Å². The molecule has 6 heteroatoms. The molecule has 1 fully saturated rings. The summed E-state index contributed by atoms with van der Waals surface area (Å²) < 4.78 is 47.1. The largest absolute Gasteiger partial charge is 0.796 e. The molecular weight excluding hydrogens is 240 g/mol. The van der Waals surface area contributed by atoms with Gasteiger partial charge in [-0.15, -0.1) is 0 Å². The predicted octanol–water partition coefficient (Wildman–Crippen LogP) is 3.42. The zero-order valence-electron chi connectivity index (χ0n) is 8.87. The second-order valence-corrected chi connectivity index (χ2v) is 6.46. The number of hydrogen-bond donors (Lipinski definition) is 0. The van der Waals surface area contributed by atoms with Crippen LogP contribution in [-0.2, 0) is 4.57 Å². The van der Waals surface area contributed by atoms with Gasteiger partial charge in [0, 0.05) is 13.0 Å². The zero-order chi connectivity index (χ0) is 12.2. The van der Waals surface area contributed by atoms with E-state index in [1.807, 2.05) is 0 Å². The van der Waals surface area contributed by atoms with Crippen molar-refractivity contribution in [3.05, 3.63) is 11.9 Å². The Morgan fingerprint density at radius 1 is 1.25 bits per heavy atom. The van der Waals surface area contributed by atoms with E-state index in [1.165, 1.54) is 0 Å². The maximum Gasteiger partial charge on any atom is 0.392 e. The molecule has 0 amide bonds. The van der Waals surface area contributed by atoms with Gasteiger partial charge in [-0.25, -0.2) is 0 Å². The molecule has 1 aliphatic carbocycles. The Morgan fingerprint density at radius 2 is 1.81 bits per heavy atom. The minimum atomic E-state index is -4.33. The van der Waals surface area contributed by atoms with Crippen LogP contribution < -0.4 is 4.89 Å². The van der Waals surface area contributed by atoms with Gasteiger partial charge in [0.25, 0.3) is 0 Å². The second-order valence-electron chi connectivity index (χ2n) is 4.14. The number of rotatable bonds is 3. The number of halogens is 3. The Hall–Kier alpha value is -0.280. The van der Waals surface area contributed by atoms with Crippen LogP contribution in [0.1, 0.15) is 38.5 Å². The van der Waals surface area contributed by atoms with E-state index in [9.17, 15) is 22.6 Å². The van der Waals surface area contributed by atoms with Crippen LogP contribution >= 0.6 is 7.37 Å². The fourth-order valence-electron chi connectivity index (χ4n) is 1.90. The van der Waals surface area contributed by atoms with Crippen molar-refractivity contribution in [3.63, 3.8) is 0 Å². The molecular formula is C10H15F3O2P-. The van der Waals surface area contributed by atoms with E-state index in [0.717, 1.165) is 25.1 Å². The molecule has 0 spiro atoms. The minimum absolute atomic E-state index is 0.453. The summed E-state index contributed by atoms with van der Waals surface area (Å²) in [6.07, 6.45) is -0.914. The van der Waals surface area contributed by atoms with E-state index < -0.39 is 25.6 Å². The van der Waals surface area contributed by atoms with Crippen LogP contribution in [0.5, 0.6) is 0 Å². The fourth-order valence-corrected chi connectivity index (χ4v) is 3.62. The highest BCUT2D eigenvalue weighted by atomic mass is 31.2. The van der Waals surface area contributed by atoms with Crippen LogP contribution in [0.25, 0.3) is 0 Å². The summed E-state index contributed by atoms with van der Waals surface area (Å²) >= 11 is 0. The molecule has 1 unspecified atom stereocenters. The second kappa shape index (κ2) is 5.37. The molecule has 0 aliphatic heterocycles. The Morgan fingerprint density at radius 3 is 2.31 bits per heavy atom. The maximum absolute atomic E-state index is 11.8. The van der Waals surface area contributed by atoms with E-state index in [2.05, 4.69) is 0 Å². The molecule has 2 nitrogen and oxygen atoms in total. The van der Waals surface area contributed by atoms with Crippen molar-refractivity contribution in [2.24, 2.45) is 0 Å². The number of alkyl halides is 3. The molecule has 1 atom stereocenters. The lowest BCUT2D eigenvalue weighted by Gasteiger charge is -2.32. The summed E-state index contributed by atoms with van der Waals surface area (Å²) in [6, 6.07) is 0. The SMILES string of the molecule is O=P([O-])(C=CCC(F)(F)F)C1CCCCC1. The third-order valence-corrected chi connectivity index (χ3v) is 4.91. The van der Waals surface area contributed by atoms with Crippen LogP contribution in [-0.4, -0.2) is 11.8 Å². The smallest absolute Gasteiger partial charge is 0.392 e. The van der Waals surface area contributed by atoms with Crippen molar-refractivity contribution in [1.82, 2.24) is 0 Å². The summed E-state index contributed by atoms with van der Waals surface area (Å²) in [6.45, 7) is 0. The van der Waals surface area contributed by atoms with Crippen molar-refractivity contribution < 1.29 is 22.6 Å². The summed E-state index contributed by atoms with van der Waals surface area (Å²) in [5.74, 6) is 0.760. The van der Waals surface area contributed by atoms with Gasteiger partial charge in [0.05, 0.1) is 6.42 Å². The monoisotopic (exact) mass is 255 g/mol. The molecule has 1 aliphatic rings. The first-order chi connectivity index (χ1) is 7.31. The fraction of sp³-hybridized carbons (Fsp3) is 0.800. The van der Waals surface area contributed by atoms with Gasteiger partial charge in [0.1, 0.15) is 0 Å². The van der Waals surface area contributed by atoms with Crippen LogP contribution in [0.3, 0.4) is 0 Å². The summed E-state index contributed by atoms with van der Waals surface area (Å²) in [5.41, 5.74) is -0.453. The Kier molecular flexibility index (Phi) is 4.62. The third-order valence-electron chi connectivity index (χ3n) is 2.75. The van der Waals surface area contributed by atoms with E-state index in [1.54, 1.807) is 0 Å². The molecule has 1 saturated carbocycles. The minimum Gasteiger partial charge on any atom is -0.796 e. The van der Waals surface area contributed by atoms with Crippen molar-refractivity contribution in [2.75, 3.05) is 0 Å². The quantitative estimate of drug-likeness (QED) is 0.725. The molecule has 16 heavy (non-hydrogen) atoms. The highest BCUT2D eigenvalue weighted by Gasteiger charge is 2.26. The van der Waals surface area contributed by atoms with Crippen LogP contribution in [0.2, 0.25) is 0 Å². The normalized spacial score (nSPS) is 23.5. The molecule has 0 aromatic carbocycles. The number of allylic oxidation sites excluding steroid dienone is 1. The standard InChI is InChI=1S/C10H16F3O2P/c11-10(12,13)7-4-8-16(14,15)9-5-2-1-3-6-9/h4,8-9H,1-3,5-7H2,(H,14,15)/p-1. The van der Waals surface area contributed by atoms with Gasteiger partial charge < -0.3 is 9.46 Å². The first kappa shape index (κ1) is 13.8. The van der Waals surface area contributed by atoms with Crippen LogP contribution in [0.15, 0.2) is 11.9 Å². The van der Waals surface area contributed by atoms with E-state index in [-0.39, 0.29) is 0 Å². The van der Waals surface area contributed by atoms with E-state index in [4.69, 9.17) is 0 Å². The van der Waals surface area contributed by atoms with Gasteiger partial charge >= 0.3 is 6.18 Å². The molecule has 1 rings (SSSR count). The zero-order valence-corrected chi connectivity index (χ0v) is 9.77. The van der Waals surface area contributed by atoms with E-state index >= 15 is 0 Å². The van der Waals surface area contributed by atoms with Crippen molar-refractivity contribution in [3.8, 4) is 0 Å². The van der Waals surface area contributed by atoms with Crippen LogP contribution in [0.4, 0.5) is 13.2 Å². The molecule has 0 aromatic rings. The highest BCUT2D eigenvalue weighted by molar-refractivity contribution is 7.60. The van der Waals surface area contributed by atoms with Gasteiger partial charge in [-0.05, 0) is 18.7 Å². The van der Waals surface area contributed by atoms with E-state index in [0.29, 0.717) is 18.9 Å². The topological polar surface area (TPSA) is 40.1 Å². The molecule has 0 radical (unpaired) electrons. The van der Waals surface area contributed by atoms with Crippen molar-refractivity contribution in [1.29, 1.82) is 0 Å². The van der Waals surface area contributed by atoms with Gasteiger partial charge in [0.15, 0.2) is 0 Å². The average molecular weight is 255 g/mol. The first-order valence-electron chi connectivity index (χ1n) is 5.36. The Balaban J connectivity index is 2.53. The summed E-state index contributed by atoms with van der Waals surface area (Å²) in [4.78, 5) is 11.6. The predicted molar refractivity (Wildman–Crippen MR) is 54.3 cm³/mol. The highest BCUT2D eigenvalue weighted by Crippen LogP contribution is 2.49. The van der Waals surface area contributed by atoms with Gasteiger partial charge in [-0.3, -0.25) is 0 Å². The molecule has 0 N–H and O–H groups in total. The molecule has 0 aromatic heterocycles.